The molecule has 2 aliphatic heterocycles. The molecule has 1 aromatic carbocycles. The number of ether oxygens (including phenoxy) is 2. The Kier molecular flexibility index (Phi) is 5.93. The number of carbonyl (C=O) groups excluding carboxylic acids is 3. The number of non-ortho nitro benzene ring substituents is 1. The van der Waals surface area contributed by atoms with Gasteiger partial charge in [0.15, 0.2) is 17.8 Å². The molecule has 3 atom stereocenters. The highest BCUT2D eigenvalue weighted by molar-refractivity contribution is 8.03. The number of aromatic nitrogens is 1. The maximum Gasteiger partial charge on any atom is 0.355 e. The number of hydrogen-bond acceptors (Lipinski definition) is 10. The first kappa shape index (κ1) is 22.5. The number of oxazole rings is 1. The van der Waals surface area contributed by atoms with Gasteiger partial charge in [-0.05, 0) is 24.6 Å². The number of nitro benzene ring substituents is 1. The average Bonchev–Trinajstić information content (AvgIpc) is 3.31. The Balaban J connectivity index is 1.44. The van der Waals surface area contributed by atoms with Gasteiger partial charge in [-0.15, -0.1) is 11.8 Å². The fourth-order valence-electron chi connectivity index (χ4n) is 3.72. The molecule has 33 heavy (non-hydrogen) atoms. The van der Waals surface area contributed by atoms with Crippen LogP contribution in [-0.4, -0.2) is 38.0 Å². The van der Waals surface area contributed by atoms with Gasteiger partial charge in [0.2, 0.25) is 5.91 Å². The van der Waals surface area contributed by atoms with E-state index >= 15 is 0 Å². The van der Waals surface area contributed by atoms with E-state index in [-0.39, 0.29) is 18.0 Å². The summed E-state index contributed by atoms with van der Waals surface area (Å²) in [5, 5.41) is 11.8. The standard InChI is InChI=1S/C21H19N3O8S/c1-10-17(31-11(2)22-10)18(32-12(3)25)16-19(26)23-15(9-33-20(16)23)21(27)30-8-13-4-6-14(7-5-13)24(28)29/h4-7,9,16,18,20H,8H2,1-3H3/t16?,18?,20-/m1/s1. The molecule has 0 aliphatic carbocycles. The maximum atomic E-state index is 13.0. The molecule has 11 nitrogen and oxygen atoms in total. The van der Waals surface area contributed by atoms with E-state index in [0.29, 0.717) is 22.9 Å². The summed E-state index contributed by atoms with van der Waals surface area (Å²) in [5.74, 6) is -1.74. The number of aryl methyl sites for hydroxylation is 2. The number of fused-ring (bicyclic) bond motifs is 1. The number of amides is 1. The molecular formula is C21H19N3O8S. The second kappa shape index (κ2) is 8.70. The average molecular weight is 473 g/mol. The van der Waals surface area contributed by atoms with Crippen molar-refractivity contribution >= 4 is 35.3 Å². The van der Waals surface area contributed by atoms with E-state index in [1.54, 1.807) is 13.8 Å². The SMILES string of the molecule is CC(=O)OC(c1oc(C)nc1C)C1C(=O)N2C(C(=O)OCc3ccc([N+](=O)[O-])cc3)=CS[C@H]12. The lowest BCUT2D eigenvalue weighted by Gasteiger charge is -2.44. The molecule has 4 rings (SSSR count). The molecule has 172 valence electrons. The van der Waals surface area contributed by atoms with Crippen LogP contribution in [0.15, 0.2) is 39.8 Å². The van der Waals surface area contributed by atoms with Crippen LogP contribution in [0.25, 0.3) is 0 Å². The van der Waals surface area contributed by atoms with E-state index in [1.165, 1.54) is 53.3 Å². The Labute approximate surface area is 191 Å². The molecular weight excluding hydrogens is 454 g/mol. The van der Waals surface area contributed by atoms with Gasteiger partial charge in [-0.2, -0.15) is 0 Å². The zero-order chi connectivity index (χ0) is 23.9. The van der Waals surface area contributed by atoms with Gasteiger partial charge in [0.05, 0.1) is 10.6 Å². The van der Waals surface area contributed by atoms with Crippen LogP contribution >= 0.6 is 11.8 Å². The van der Waals surface area contributed by atoms with Crippen LogP contribution in [0.5, 0.6) is 0 Å². The van der Waals surface area contributed by atoms with Crippen LogP contribution in [0.1, 0.15) is 35.9 Å². The predicted octanol–water partition coefficient (Wildman–Crippen LogP) is 2.92. The van der Waals surface area contributed by atoms with Gasteiger partial charge < -0.3 is 13.9 Å². The fraction of sp³-hybridized carbons (Fsp3) is 0.333. The quantitative estimate of drug-likeness (QED) is 0.255. The summed E-state index contributed by atoms with van der Waals surface area (Å²) in [6.45, 7) is 4.49. The number of carbonyl (C=O) groups is 3. The largest absolute Gasteiger partial charge is 0.456 e. The number of nitrogens with zero attached hydrogens (tertiary/aromatic N) is 3. The molecule has 2 aromatic rings. The Morgan fingerprint density at radius 1 is 1.30 bits per heavy atom. The van der Waals surface area contributed by atoms with Gasteiger partial charge >= 0.3 is 11.9 Å². The number of hydrogen-bond donors (Lipinski definition) is 0. The summed E-state index contributed by atoms with van der Waals surface area (Å²) in [5.41, 5.74) is 1.10. The first-order chi connectivity index (χ1) is 15.7. The third kappa shape index (κ3) is 4.21. The minimum atomic E-state index is -0.964. The van der Waals surface area contributed by atoms with Crippen molar-refractivity contribution in [1.82, 2.24) is 9.88 Å². The van der Waals surface area contributed by atoms with Crippen molar-refractivity contribution in [2.75, 3.05) is 0 Å². The van der Waals surface area contributed by atoms with Crippen molar-refractivity contribution in [1.29, 1.82) is 0 Å². The van der Waals surface area contributed by atoms with Crippen LogP contribution in [0.4, 0.5) is 5.69 Å². The van der Waals surface area contributed by atoms with Gasteiger partial charge in [-0.3, -0.25) is 24.6 Å². The van der Waals surface area contributed by atoms with Crippen LogP contribution in [-0.2, 0) is 30.5 Å². The van der Waals surface area contributed by atoms with Gasteiger partial charge in [0.1, 0.15) is 23.6 Å². The van der Waals surface area contributed by atoms with Gasteiger partial charge in [0, 0.05) is 31.4 Å². The minimum absolute atomic E-state index is 0.0699. The fourth-order valence-corrected chi connectivity index (χ4v) is 4.97. The maximum absolute atomic E-state index is 13.0. The van der Waals surface area contributed by atoms with E-state index < -0.39 is 40.2 Å². The van der Waals surface area contributed by atoms with Crippen LogP contribution in [0, 0.1) is 29.9 Å². The van der Waals surface area contributed by atoms with E-state index in [0.717, 1.165) is 0 Å². The van der Waals surface area contributed by atoms with Crippen molar-refractivity contribution in [2.45, 2.75) is 38.9 Å². The Hall–Kier alpha value is -3.67. The Morgan fingerprint density at radius 2 is 2.00 bits per heavy atom. The molecule has 2 aliphatic rings. The molecule has 1 amide bonds. The van der Waals surface area contributed by atoms with Gasteiger partial charge in [0.25, 0.3) is 5.69 Å². The molecule has 0 saturated carbocycles. The highest BCUT2D eigenvalue weighted by atomic mass is 32.2. The van der Waals surface area contributed by atoms with Crippen LogP contribution in [0.3, 0.4) is 0 Å². The molecule has 0 spiro atoms. The topological polar surface area (TPSA) is 142 Å². The number of thioether (sulfide) groups is 1. The molecule has 1 saturated heterocycles. The molecule has 1 fully saturated rings. The van der Waals surface area contributed by atoms with Crippen molar-refractivity contribution in [3.8, 4) is 0 Å². The van der Waals surface area contributed by atoms with Crippen molar-refractivity contribution in [3.63, 3.8) is 0 Å². The number of nitro groups is 1. The smallest absolute Gasteiger partial charge is 0.355 e. The number of esters is 2. The summed E-state index contributed by atoms with van der Waals surface area (Å²) < 4.78 is 16.3. The molecule has 2 unspecified atom stereocenters. The molecule has 12 heteroatoms. The van der Waals surface area contributed by atoms with E-state index in [4.69, 9.17) is 13.9 Å². The van der Waals surface area contributed by atoms with E-state index in [9.17, 15) is 24.5 Å². The lowest BCUT2D eigenvalue weighted by Crippen LogP contribution is -2.59. The summed E-state index contributed by atoms with van der Waals surface area (Å²) in [4.78, 5) is 53.0. The van der Waals surface area contributed by atoms with Gasteiger partial charge in [-0.25, -0.2) is 9.78 Å². The first-order valence-electron chi connectivity index (χ1n) is 9.87. The predicted molar refractivity (Wildman–Crippen MR) is 113 cm³/mol. The molecule has 0 N–H and O–H groups in total. The summed E-state index contributed by atoms with van der Waals surface area (Å²) in [6.07, 6.45) is -0.964. The van der Waals surface area contributed by atoms with E-state index in [1.807, 2.05) is 0 Å². The van der Waals surface area contributed by atoms with Crippen LogP contribution < -0.4 is 0 Å². The summed E-state index contributed by atoms with van der Waals surface area (Å²) in [6, 6.07) is 5.61. The second-order valence-electron chi connectivity index (χ2n) is 7.48. The van der Waals surface area contributed by atoms with Crippen LogP contribution in [0.2, 0.25) is 0 Å². The lowest BCUT2D eigenvalue weighted by atomic mass is 9.89. The zero-order valence-corrected chi connectivity index (χ0v) is 18.7. The summed E-state index contributed by atoms with van der Waals surface area (Å²) >= 11 is 1.24. The zero-order valence-electron chi connectivity index (χ0n) is 17.8. The monoisotopic (exact) mass is 473 g/mol. The number of β-lactam (4-membered cyclic amide) rings is 1. The molecule has 0 radical (unpaired) electrons. The molecule has 3 heterocycles. The molecule has 1 aromatic heterocycles. The minimum Gasteiger partial charge on any atom is -0.456 e. The highest BCUT2D eigenvalue weighted by Gasteiger charge is 2.59. The Bertz CT molecular complexity index is 1170. The highest BCUT2D eigenvalue weighted by Crippen LogP contribution is 2.51. The van der Waals surface area contributed by atoms with Gasteiger partial charge in [-0.1, -0.05) is 0 Å². The van der Waals surface area contributed by atoms with Crippen molar-refractivity contribution in [2.24, 2.45) is 5.92 Å². The number of benzene rings is 1. The Morgan fingerprint density at radius 3 is 2.58 bits per heavy atom. The second-order valence-corrected chi connectivity index (χ2v) is 8.47. The van der Waals surface area contributed by atoms with Crippen molar-refractivity contribution < 1.29 is 33.2 Å². The normalized spacial score (nSPS) is 19.9. The lowest BCUT2D eigenvalue weighted by molar-refractivity contribution is -0.384. The number of rotatable bonds is 7. The van der Waals surface area contributed by atoms with Crippen molar-refractivity contribution in [3.05, 3.63) is 68.4 Å². The third-order valence-electron chi connectivity index (χ3n) is 5.21. The summed E-state index contributed by atoms with van der Waals surface area (Å²) in [7, 11) is 0. The molecule has 0 bridgehead atoms. The third-order valence-corrected chi connectivity index (χ3v) is 6.35. The first-order valence-corrected chi connectivity index (χ1v) is 10.8. The van der Waals surface area contributed by atoms with E-state index in [2.05, 4.69) is 4.98 Å².